The molecule has 0 saturated heterocycles. The Bertz CT molecular complexity index is 1620. The van der Waals surface area contributed by atoms with Crippen molar-refractivity contribution in [3.8, 4) is 39.5 Å². The second-order valence-electron chi connectivity index (χ2n) is 7.64. The van der Waals surface area contributed by atoms with Gasteiger partial charge >= 0.3 is 0 Å². The van der Waals surface area contributed by atoms with Crippen molar-refractivity contribution in [2.24, 2.45) is 0 Å². The van der Waals surface area contributed by atoms with E-state index in [2.05, 4.69) is 30.1 Å². The van der Waals surface area contributed by atoms with E-state index in [-0.39, 0.29) is 5.82 Å². The van der Waals surface area contributed by atoms with Crippen molar-refractivity contribution in [1.29, 1.82) is 0 Å². The molecule has 33 heavy (non-hydrogen) atoms. The van der Waals surface area contributed by atoms with Gasteiger partial charge in [0.25, 0.3) is 0 Å². The number of hydrogen-bond donors (Lipinski definition) is 2. The molecule has 7 nitrogen and oxygen atoms in total. The summed E-state index contributed by atoms with van der Waals surface area (Å²) < 4.78 is 19.4. The van der Waals surface area contributed by atoms with Gasteiger partial charge in [-0.3, -0.25) is 10.1 Å². The zero-order chi connectivity index (χ0) is 22.4. The molecule has 0 unspecified atom stereocenters. The lowest BCUT2D eigenvalue weighted by Gasteiger charge is -2.07. The Kier molecular flexibility index (Phi) is 4.36. The molecule has 160 valence electrons. The molecule has 2 aromatic carbocycles. The summed E-state index contributed by atoms with van der Waals surface area (Å²) in [5.41, 5.74) is 6.58. The third-order valence-electron chi connectivity index (χ3n) is 5.64. The van der Waals surface area contributed by atoms with Crippen LogP contribution in [0.2, 0.25) is 0 Å². The Labute approximate surface area is 187 Å². The number of fused-ring (bicyclic) bond motifs is 2. The minimum atomic E-state index is -0.347. The summed E-state index contributed by atoms with van der Waals surface area (Å²) >= 11 is 0. The molecular formula is C25H17FN6O. The van der Waals surface area contributed by atoms with Gasteiger partial charge in [0.2, 0.25) is 0 Å². The van der Waals surface area contributed by atoms with E-state index in [0.29, 0.717) is 5.75 Å². The second kappa shape index (κ2) is 7.52. The van der Waals surface area contributed by atoms with Gasteiger partial charge < -0.3 is 9.72 Å². The standard InChI is InChI=1S/C25H17FN6O/c1-33-17-6-14(5-16(26)7-17)18-3-2-4-21-19(18)8-23(30-21)25-20-9-22(15-10-27-13-28-11-15)29-12-24(20)31-32-25/h2-13,30H,1H3,(H,31,32). The first kappa shape index (κ1) is 19.1. The number of rotatable bonds is 4. The fraction of sp³-hybridized carbons (Fsp3) is 0.0400. The van der Waals surface area contributed by atoms with E-state index in [1.165, 1.54) is 25.6 Å². The zero-order valence-electron chi connectivity index (χ0n) is 17.5. The Morgan fingerprint density at radius 1 is 0.879 bits per heavy atom. The number of nitrogens with zero attached hydrogens (tertiary/aromatic N) is 4. The molecule has 0 atom stereocenters. The highest BCUT2D eigenvalue weighted by molar-refractivity contribution is 6.01. The van der Waals surface area contributed by atoms with E-state index in [1.54, 1.807) is 18.6 Å². The molecule has 0 spiro atoms. The van der Waals surface area contributed by atoms with Gasteiger partial charge in [-0.05, 0) is 41.5 Å². The summed E-state index contributed by atoms with van der Waals surface area (Å²) in [7, 11) is 1.53. The molecule has 6 aromatic rings. The normalized spacial score (nSPS) is 11.3. The Morgan fingerprint density at radius 2 is 1.76 bits per heavy atom. The smallest absolute Gasteiger partial charge is 0.127 e. The van der Waals surface area contributed by atoms with Crippen LogP contribution in [0.1, 0.15) is 0 Å². The first-order chi connectivity index (χ1) is 16.2. The zero-order valence-corrected chi connectivity index (χ0v) is 17.5. The molecule has 0 aliphatic carbocycles. The van der Waals surface area contributed by atoms with Crippen LogP contribution in [0.4, 0.5) is 4.39 Å². The molecule has 0 aliphatic heterocycles. The summed E-state index contributed by atoms with van der Waals surface area (Å²) in [4.78, 5) is 16.1. The van der Waals surface area contributed by atoms with Gasteiger partial charge in [0, 0.05) is 40.3 Å². The Hall–Kier alpha value is -4.59. The lowest BCUT2D eigenvalue weighted by atomic mass is 10.0. The van der Waals surface area contributed by atoms with Crippen LogP contribution in [0.5, 0.6) is 5.75 Å². The van der Waals surface area contributed by atoms with Crippen LogP contribution in [0, 0.1) is 5.82 Å². The van der Waals surface area contributed by atoms with Crippen molar-refractivity contribution in [2.45, 2.75) is 0 Å². The van der Waals surface area contributed by atoms with E-state index in [9.17, 15) is 4.39 Å². The Balaban J connectivity index is 1.50. The number of pyridine rings is 1. The molecule has 0 bridgehead atoms. The van der Waals surface area contributed by atoms with E-state index in [0.717, 1.165) is 55.6 Å². The van der Waals surface area contributed by atoms with E-state index >= 15 is 0 Å². The maximum absolute atomic E-state index is 14.2. The molecule has 2 N–H and O–H groups in total. The summed E-state index contributed by atoms with van der Waals surface area (Å²) in [6.45, 7) is 0. The van der Waals surface area contributed by atoms with Gasteiger partial charge in [0.05, 0.1) is 30.2 Å². The molecule has 0 amide bonds. The van der Waals surface area contributed by atoms with Crippen molar-refractivity contribution in [2.75, 3.05) is 7.11 Å². The van der Waals surface area contributed by atoms with Crippen molar-refractivity contribution < 1.29 is 9.13 Å². The number of methoxy groups -OCH3 is 1. The molecule has 6 rings (SSSR count). The van der Waals surface area contributed by atoms with Crippen LogP contribution in [-0.4, -0.2) is 37.2 Å². The summed E-state index contributed by atoms with van der Waals surface area (Å²) in [6, 6.07) is 14.6. The van der Waals surface area contributed by atoms with Crippen LogP contribution in [0.15, 0.2) is 73.4 Å². The maximum atomic E-state index is 14.2. The number of hydrogen-bond acceptors (Lipinski definition) is 5. The van der Waals surface area contributed by atoms with Crippen molar-refractivity contribution in [3.05, 3.63) is 79.3 Å². The van der Waals surface area contributed by atoms with E-state index in [1.807, 2.05) is 36.4 Å². The molecule has 8 heteroatoms. The van der Waals surface area contributed by atoms with Crippen LogP contribution in [0.25, 0.3) is 55.6 Å². The molecule has 4 heterocycles. The van der Waals surface area contributed by atoms with Gasteiger partial charge in [-0.1, -0.05) is 12.1 Å². The number of nitrogens with one attached hydrogen (secondary N) is 2. The number of benzene rings is 2. The lowest BCUT2D eigenvalue weighted by Crippen LogP contribution is -1.87. The second-order valence-corrected chi connectivity index (χ2v) is 7.64. The average Bonchev–Trinajstić information content (AvgIpc) is 3.47. The molecule has 4 aromatic heterocycles. The first-order valence-electron chi connectivity index (χ1n) is 10.3. The highest BCUT2D eigenvalue weighted by Gasteiger charge is 2.15. The fourth-order valence-electron chi connectivity index (χ4n) is 4.08. The molecule has 0 saturated carbocycles. The van der Waals surface area contributed by atoms with Crippen LogP contribution < -0.4 is 4.74 Å². The van der Waals surface area contributed by atoms with Gasteiger partial charge in [-0.25, -0.2) is 14.4 Å². The van der Waals surface area contributed by atoms with Crippen molar-refractivity contribution in [3.63, 3.8) is 0 Å². The molecule has 0 fully saturated rings. The minimum Gasteiger partial charge on any atom is -0.497 e. The third kappa shape index (κ3) is 3.28. The SMILES string of the molecule is COc1cc(F)cc(-c2cccc3[nH]c(-c4n[nH]c5cnc(-c6cncnc6)cc45)cc23)c1. The predicted molar refractivity (Wildman–Crippen MR) is 124 cm³/mol. The number of ether oxygens (including phenoxy) is 1. The minimum absolute atomic E-state index is 0.347. The maximum Gasteiger partial charge on any atom is 0.127 e. The van der Waals surface area contributed by atoms with Crippen molar-refractivity contribution in [1.82, 2.24) is 30.1 Å². The quantitative estimate of drug-likeness (QED) is 0.387. The average molecular weight is 436 g/mol. The fourth-order valence-corrected chi connectivity index (χ4v) is 4.08. The third-order valence-corrected chi connectivity index (χ3v) is 5.64. The summed E-state index contributed by atoms with van der Waals surface area (Å²) in [6.07, 6.45) is 6.69. The highest BCUT2D eigenvalue weighted by Crippen LogP contribution is 2.36. The summed E-state index contributed by atoms with van der Waals surface area (Å²) in [5.74, 6) is 0.126. The lowest BCUT2D eigenvalue weighted by molar-refractivity contribution is 0.411. The number of aromatic nitrogens is 6. The topological polar surface area (TPSA) is 92.4 Å². The highest BCUT2D eigenvalue weighted by atomic mass is 19.1. The van der Waals surface area contributed by atoms with Crippen molar-refractivity contribution >= 4 is 21.8 Å². The van der Waals surface area contributed by atoms with E-state index < -0.39 is 0 Å². The van der Waals surface area contributed by atoms with E-state index in [4.69, 9.17) is 4.74 Å². The number of halogens is 1. The Morgan fingerprint density at radius 3 is 2.61 bits per heavy atom. The van der Waals surface area contributed by atoms with Gasteiger partial charge in [-0.2, -0.15) is 5.10 Å². The molecular weight excluding hydrogens is 419 g/mol. The largest absolute Gasteiger partial charge is 0.497 e. The summed E-state index contributed by atoms with van der Waals surface area (Å²) in [5, 5.41) is 9.46. The first-order valence-corrected chi connectivity index (χ1v) is 10.3. The van der Waals surface area contributed by atoms with Crippen LogP contribution in [0.3, 0.4) is 0 Å². The molecule has 0 radical (unpaired) electrons. The van der Waals surface area contributed by atoms with Gasteiger partial charge in [-0.15, -0.1) is 0 Å². The van der Waals surface area contributed by atoms with Crippen LogP contribution in [-0.2, 0) is 0 Å². The number of H-pyrrole nitrogens is 2. The molecule has 0 aliphatic rings. The van der Waals surface area contributed by atoms with Gasteiger partial charge in [0.1, 0.15) is 23.6 Å². The predicted octanol–water partition coefficient (Wildman–Crippen LogP) is 5.38. The number of aromatic amines is 2. The van der Waals surface area contributed by atoms with Crippen LogP contribution >= 0.6 is 0 Å². The van der Waals surface area contributed by atoms with Gasteiger partial charge in [0.15, 0.2) is 0 Å². The monoisotopic (exact) mass is 436 g/mol.